The van der Waals surface area contributed by atoms with Crippen molar-refractivity contribution in [3.05, 3.63) is 0 Å². The molecule has 3 heteroatoms. The number of hydrogen-bond acceptors (Lipinski definition) is 2. The maximum atomic E-state index is 12.1. The Morgan fingerprint density at radius 3 is 2.38 bits per heavy atom. The summed E-state index contributed by atoms with van der Waals surface area (Å²) >= 11 is 0. The fraction of sp³-hybridized carbons (Fsp3) is 0.923. The molecule has 16 heavy (non-hydrogen) atoms. The summed E-state index contributed by atoms with van der Waals surface area (Å²) in [5.41, 5.74) is 0. The van der Waals surface area contributed by atoms with Gasteiger partial charge in [-0.3, -0.25) is 4.79 Å². The largest absolute Gasteiger partial charge is 0.353 e. The Bertz CT molecular complexity index is 246. The number of amides is 1. The summed E-state index contributed by atoms with van der Waals surface area (Å²) in [4.78, 5) is 12.1. The highest BCUT2D eigenvalue weighted by atomic mass is 16.2. The highest BCUT2D eigenvalue weighted by Crippen LogP contribution is 2.24. The molecule has 3 nitrogen and oxygen atoms in total. The molecule has 0 bridgehead atoms. The van der Waals surface area contributed by atoms with Crippen LogP contribution in [-0.4, -0.2) is 25.0 Å². The highest BCUT2D eigenvalue weighted by molar-refractivity contribution is 5.79. The van der Waals surface area contributed by atoms with Gasteiger partial charge in [-0.05, 0) is 44.1 Å². The Labute approximate surface area is 98.4 Å². The molecule has 92 valence electrons. The lowest BCUT2D eigenvalue weighted by atomic mass is 9.87. The Hall–Kier alpha value is -0.570. The van der Waals surface area contributed by atoms with Gasteiger partial charge in [-0.2, -0.15) is 0 Å². The molecule has 1 aliphatic carbocycles. The zero-order valence-corrected chi connectivity index (χ0v) is 10.5. The SMILES string of the molecule is CC1CCC(NC(=O)[C@@H]2CNC[C@H]2C)CC1. The van der Waals surface area contributed by atoms with E-state index in [1.54, 1.807) is 0 Å². The molecule has 1 aliphatic heterocycles. The van der Waals surface area contributed by atoms with Crippen molar-refractivity contribution in [3.63, 3.8) is 0 Å². The first-order valence-electron chi connectivity index (χ1n) is 6.68. The molecule has 2 fully saturated rings. The zero-order chi connectivity index (χ0) is 11.5. The lowest BCUT2D eigenvalue weighted by molar-refractivity contribution is -0.126. The van der Waals surface area contributed by atoms with Crippen LogP contribution in [0.4, 0.5) is 0 Å². The summed E-state index contributed by atoms with van der Waals surface area (Å²) in [6, 6.07) is 0.441. The van der Waals surface area contributed by atoms with Gasteiger partial charge >= 0.3 is 0 Å². The third-order valence-electron chi connectivity index (χ3n) is 4.22. The van der Waals surface area contributed by atoms with E-state index in [1.165, 1.54) is 25.7 Å². The fourth-order valence-electron chi connectivity index (χ4n) is 2.87. The van der Waals surface area contributed by atoms with Crippen molar-refractivity contribution in [2.24, 2.45) is 17.8 Å². The average Bonchev–Trinajstić information content (AvgIpc) is 2.68. The van der Waals surface area contributed by atoms with E-state index in [2.05, 4.69) is 24.5 Å². The molecule has 2 rings (SSSR count). The van der Waals surface area contributed by atoms with Crippen LogP contribution in [0.3, 0.4) is 0 Å². The summed E-state index contributed by atoms with van der Waals surface area (Å²) in [5, 5.41) is 6.52. The van der Waals surface area contributed by atoms with Crippen LogP contribution in [0.5, 0.6) is 0 Å². The second-order valence-electron chi connectivity index (χ2n) is 5.71. The highest BCUT2D eigenvalue weighted by Gasteiger charge is 2.31. The molecule has 2 aliphatic rings. The van der Waals surface area contributed by atoms with Crippen LogP contribution in [0.1, 0.15) is 39.5 Å². The van der Waals surface area contributed by atoms with Crippen LogP contribution in [0.2, 0.25) is 0 Å². The summed E-state index contributed by atoms with van der Waals surface area (Å²) in [7, 11) is 0. The monoisotopic (exact) mass is 224 g/mol. The molecule has 0 unspecified atom stereocenters. The van der Waals surface area contributed by atoms with E-state index in [4.69, 9.17) is 0 Å². The van der Waals surface area contributed by atoms with Crippen LogP contribution in [0.25, 0.3) is 0 Å². The molecule has 0 aromatic rings. The van der Waals surface area contributed by atoms with Crippen molar-refractivity contribution in [1.29, 1.82) is 0 Å². The van der Waals surface area contributed by atoms with Crippen molar-refractivity contribution in [1.82, 2.24) is 10.6 Å². The van der Waals surface area contributed by atoms with Crippen molar-refractivity contribution in [2.45, 2.75) is 45.6 Å². The first-order chi connectivity index (χ1) is 7.66. The van der Waals surface area contributed by atoms with E-state index in [0.717, 1.165) is 19.0 Å². The summed E-state index contributed by atoms with van der Waals surface area (Å²) in [6.07, 6.45) is 4.87. The van der Waals surface area contributed by atoms with Crippen LogP contribution in [0, 0.1) is 17.8 Å². The molecule has 1 amide bonds. The van der Waals surface area contributed by atoms with Crippen molar-refractivity contribution in [2.75, 3.05) is 13.1 Å². The van der Waals surface area contributed by atoms with E-state index < -0.39 is 0 Å². The number of hydrogen-bond donors (Lipinski definition) is 2. The number of nitrogens with one attached hydrogen (secondary N) is 2. The van der Waals surface area contributed by atoms with Crippen molar-refractivity contribution in [3.8, 4) is 0 Å². The van der Waals surface area contributed by atoms with Crippen LogP contribution in [-0.2, 0) is 4.79 Å². The summed E-state index contributed by atoms with van der Waals surface area (Å²) < 4.78 is 0. The van der Waals surface area contributed by atoms with Gasteiger partial charge in [0.15, 0.2) is 0 Å². The van der Waals surface area contributed by atoms with Gasteiger partial charge < -0.3 is 10.6 Å². The lowest BCUT2D eigenvalue weighted by Crippen LogP contribution is -2.42. The van der Waals surface area contributed by atoms with Gasteiger partial charge in [0.05, 0.1) is 5.92 Å². The van der Waals surface area contributed by atoms with E-state index in [1.807, 2.05) is 0 Å². The molecule has 2 N–H and O–H groups in total. The molecular weight excluding hydrogens is 200 g/mol. The molecule has 1 heterocycles. The molecule has 1 saturated heterocycles. The third-order valence-corrected chi connectivity index (χ3v) is 4.22. The normalized spacial score (nSPS) is 39.6. The molecule has 1 saturated carbocycles. The minimum absolute atomic E-state index is 0.194. The van der Waals surface area contributed by atoms with Gasteiger partial charge in [-0.25, -0.2) is 0 Å². The molecule has 0 radical (unpaired) electrons. The van der Waals surface area contributed by atoms with Gasteiger partial charge in [-0.1, -0.05) is 13.8 Å². The number of carbonyl (C=O) groups is 1. The Morgan fingerprint density at radius 2 is 1.81 bits per heavy atom. The Balaban J connectivity index is 1.78. The van der Waals surface area contributed by atoms with Crippen LogP contribution >= 0.6 is 0 Å². The smallest absolute Gasteiger partial charge is 0.224 e. The molecule has 2 atom stereocenters. The predicted octanol–water partition coefficient (Wildman–Crippen LogP) is 1.54. The van der Waals surface area contributed by atoms with Gasteiger partial charge in [0.1, 0.15) is 0 Å². The summed E-state index contributed by atoms with van der Waals surface area (Å²) in [5.74, 6) is 1.80. The zero-order valence-electron chi connectivity index (χ0n) is 10.5. The van der Waals surface area contributed by atoms with E-state index in [9.17, 15) is 4.79 Å². The van der Waals surface area contributed by atoms with Gasteiger partial charge in [-0.15, -0.1) is 0 Å². The molecule has 0 aromatic carbocycles. The van der Waals surface area contributed by atoms with Crippen LogP contribution in [0.15, 0.2) is 0 Å². The van der Waals surface area contributed by atoms with E-state index in [0.29, 0.717) is 12.0 Å². The van der Waals surface area contributed by atoms with Crippen molar-refractivity contribution >= 4 is 5.91 Å². The van der Waals surface area contributed by atoms with Crippen molar-refractivity contribution < 1.29 is 4.79 Å². The van der Waals surface area contributed by atoms with Crippen LogP contribution < -0.4 is 10.6 Å². The maximum absolute atomic E-state index is 12.1. The topological polar surface area (TPSA) is 41.1 Å². The molecule has 0 spiro atoms. The van der Waals surface area contributed by atoms with Gasteiger partial charge in [0, 0.05) is 12.6 Å². The minimum atomic E-state index is 0.194. The molecule has 0 aromatic heterocycles. The average molecular weight is 224 g/mol. The fourth-order valence-corrected chi connectivity index (χ4v) is 2.87. The number of rotatable bonds is 2. The van der Waals surface area contributed by atoms with E-state index >= 15 is 0 Å². The first kappa shape index (κ1) is 11.9. The second kappa shape index (κ2) is 5.17. The molecular formula is C13H24N2O. The Kier molecular flexibility index (Phi) is 3.85. The number of carbonyl (C=O) groups excluding carboxylic acids is 1. The first-order valence-corrected chi connectivity index (χ1v) is 6.68. The standard InChI is InChI=1S/C13H24N2O/c1-9-3-5-11(6-4-9)15-13(16)12-8-14-7-10(12)2/h9-12,14H,3-8H2,1-2H3,(H,15,16)/t9?,10-,11?,12-/m1/s1. The summed E-state index contributed by atoms with van der Waals surface area (Å²) in [6.45, 7) is 6.31. The lowest BCUT2D eigenvalue weighted by Gasteiger charge is -2.28. The predicted molar refractivity (Wildman–Crippen MR) is 65.1 cm³/mol. The Morgan fingerprint density at radius 1 is 1.12 bits per heavy atom. The third kappa shape index (κ3) is 2.76. The second-order valence-corrected chi connectivity index (χ2v) is 5.71. The quantitative estimate of drug-likeness (QED) is 0.747. The maximum Gasteiger partial charge on any atom is 0.224 e. The van der Waals surface area contributed by atoms with Gasteiger partial charge in [0.25, 0.3) is 0 Å². The van der Waals surface area contributed by atoms with E-state index in [-0.39, 0.29) is 11.8 Å². The minimum Gasteiger partial charge on any atom is -0.353 e. The van der Waals surface area contributed by atoms with Gasteiger partial charge in [0.2, 0.25) is 5.91 Å².